The molecule has 0 unspecified atom stereocenters. The third kappa shape index (κ3) is 2.65. The number of aromatic nitrogens is 4. The van der Waals surface area contributed by atoms with Gasteiger partial charge in [0.1, 0.15) is 5.52 Å². The molecule has 0 aliphatic rings. The molecule has 6 heteroatoms. The van der Waals surface area contributed by atoms with Gasteiger partial charge in [-0.25, -0.2) is 9.67 Å². The molecule has 118 valence electrons. The molecule has 1 amide bonds. The first-order chi connectivity index (χ1) is 11.8. The Bertz CT molecular complexity index is 973. The summed E-state index contributed by atoms with van der Waals surface area (Å²) in [5, 5.41) is 7.35. The third-order valence-corrected chi connectivity index (χ3v) is 3.76. The van der Waals surface area contributed by atoms with Crippen LogP contribution in [0, 0.1) is 0 Å². The fourth-order valence-corrected chi connectivity index (χ4v) is 2.60. The molecular weight excluding hydrogens is 302 g/mol. The Hall–Kier alpha value is -3.41. The highest BCUT2D eigenvalue weighted by Crippen LogP contribution is 2.21. The number of carbonyl (C=O) groups excluding carboxylic acids is 1. The first-order valence-electron chi connectivity index (χ1n) is 7.61. The third-order valence-electron chi connectivity index (χ3n) is 3.76. The van der Waals surface area contributed by atoms with Gasteiger partial charge < -0.3 is 10.3 Å². The van der Waals surface area contributed by atoms with E-state index in [2.05, 4.69) is 20.4 Å². The lowest BCUT2D eigenvalue weighted by atomic mass is 10.2. The lowest BCUT2D eigenvalue weighted by Crippen LogP contribution is -2.13. The Labute approximate surface area is 138 Å². The van der Waals surface area contributed by atoms with E-state index in [1.54, 1.807) is 23.1 Å². The molecule has 0 saturated heterocycles. The van der Waals surface area contributed by atoms with Crippen molar-refractivity contribution in [2.75, 3.05) is 5.32 Å². The van der Waals surface area contributed by atoms with E-state index in [-0.39, 0.29) is 5.91 Å². The van der Waals surface area contributed by atoms with Crippen LogP contribution in [0.25, 0.3) is 11.2 Å². The number of benzene rings is 2. The highest BCUT2D eigenvalue weighted by Gasteiger charge is 2.16. The van der Waals surface area contributed by atoms with Gasteiger partial charge >= 0.3 is 0 Å². The van der Waals surface area contributed by atoms with Crippen LogP contribution in [0.5, 0.6) is 0 Å². The molecule has 0 saturated carbocycles. The second-order valence-electron chi connectivity index (χ2n) is 5.41. The SMILES string of the molecule is O=C(Nc1nn(Cc2ccccc2)c2nc[nH]c12)c1ccccc1. The second-order valence-corrected chi connectivity index (χ2v) is 5.41. The zero-order valence-corrected chi connectivity index (χ0v) is 12.8. The number of anilines is 1. The molecule has 0 aliphatic carbocycles. The van der Waals surface area contributed by atoms with E-state index in [0.717, 1.165) is 11.1 Å². The number of aromatic amines is 1. The van der Waals surface area contributed by atoms with E-state index in [4.69, 9.17) is 0 Å². The summed E-state index contributed by atoms with van der Waals surface area (Å²) < 4.78 is 1.78. The van der Waals surface area contributed by atoms with E-state index >= 15 is 0 Å². The minimum Gasteiger partial charge on any atom is -0.340 e. The molecule has 4 rings (SSSR count). The van der Waals surface area contributed by atoms with Crippen molar-refractivity contribution in [2.45, 2.75) is 6.54 Å². The molecule has 24 heavy (non-hydrogen) atoms. The summed E-state index contributed by atoms with van der Waals surface area (Å²) in [5.41, 5.74) is 3.13. The van der Waals surface area contributed by atoms with Crippen molar-refractivity contribution >= 4 is 22.9 Å². The Morgan fingerprint density at radius 1 is 1.04 bits per heavy atom. The molecule has 2 aromatic heterocycles. The topological polar surface area (TPSA) is 75.6 Å². The summed E-state index contributed by atoms with van der Waals surface area (Å²) in [6.07, 6.45) is 1.60. The van der Waals surface area contributed by atoms with Crippen LogP contribution in [-0.4, -0.2) is 25.7 Å². The van der Waals surface area contributed by atoms with Gasteiger partial charge in [-0.3, -0.25) is 4.79 Å². The second kappa shape index (κ2) is 6.00. The average Bonchev–Trinajstić information content (AvgIpc) is 3.22. The van der Waals surface area contributed by atoms with Crippen molar-refractivity contribution in [1.29, 1.82) is 0 Å². The maximum atomic E-state index is 12.4. The molecule has 0 spiro atoms. The first kappa shape index (κ1) is 14.2. The van der Waals surface area contributed by atoms with E-state index in [1.807, 2.05) is 48.5 Å². The van der Waals surface area contributed by atoms with Crippen molar-refractivity contribution in [2.24, 2.45) is 0 Å². The number of fused-ring (bicyclic) bond motifs is 1. The van der Waals surface area contributed by atoms with E-state index < -0.39 is 0 Å². The number of imidazole rings is 1. The van der Waals surface area contributed by atoms with Crippen LogP contribution in [0.4, 0.5) is 5.82 Å². The first-order valence-corrected chi connectivity index (χ1v) is 7.61. The quantitative estimate of drug-likeness (QED) is 0.607. The van der Waals surface area contributed by atoms with Crippen LogP contribution in [0.15, 0.2) is 67.0 Å². The van der Waals surface area contributed by atoms with Gasteiger partial charge in [-0.15, -0.1) is 0 Å². The van der Waals surface area contributed by atoms with E-state index in [1.165, 1.54) is 0 Å². The van der Waals surface area contributed by atoms with Crippen molar-refractivity contribution < 1.29 is 4.79 Å². The predicted octanol–water partition coefficient (Wildman–Crippen LogP) is 3.06. The molecule has 2 aromatic carbocycles. The van der Waals surface area contributed by atoms with Gasteiger partial charge in [-0.1, -0.05) is 48.5 Å². The number of rotatable bonds is 4. The smallest absolute Gasteiger partial charge is 0.256 e. The summed E-state index contributed by atoms with van der Waals surface area (Å²) in [4.78, 5) is 19.7. The Morgan fingerprint density at radius 2 is 1.75 bits per heavy atom. The Kier molecular flexibility index (Phi) is 3.55. The normalized spacial score (nSPS) is 10.8. The number of H-pyrrole nitrogens is 1. The number of nitrogens with zero attached hydrogens (tertiary/aromatic N) is 3. The van der Waals surface area contributed by atoms with Gasteiger partial charge in [0, 0.05) is 5.56 Å². The summed E-state index contributed by atoms with van der Waals surface area (Å²) in [7, 11) is 0. The predicted molar refractivity (Wildman–Crippen MR) is 91.8 cm³/mol. The summed E-state index contributed by atoms with van der Waals surface area (Å²) in [6, 6.07) is 19.1. The van der Waals surface area contributed by atoms with Crippen LogP contribution in [0.2, 0.25) is 0 Å². The summed E-state index contributed by atoms with van der Waals surface area (Å²) in [5.74, 6) is 0.281. The monoisotopic (exact) mass is 317 g/mol. The molecule has 2 heterocycles. The number of hydrogen-bond acceptors (Lipinski definition) is 3. The number of amides is 1. The van der Waals surface area contributed by atoms with Gasteiger partial charge in [0.15, 0.2) is 11.5 Å². The van der Waals surface area contributed by atoms with Crippen LogP contribution in [0.1, 0.15) is 15.9 Å². The van der Waals surface area contributed by atoms with Crippen molar-refractivity contribution in [3.8, 4) is 0 Å². The molecule has 6 nitrogen and oxygen atoms in total. The fourth-order valence-electron chi connectivity index (χ4n) is 2.60. The molecule has 0 fully saturated rings. The Morgan fingerprint density at radius 3 is 2.50 bits per heavy atom. The van der Waals surface area contributed by atoms with Gasteiger partial charge in [0.2, 0.25) is 0 Å². The van der Waals surface area contributed by atoms with Gasteiger partial charge in [0.25, 0.3) is 5.91 Å². The van der Waals surface area contributed by atoms with E-state index in [9.17, 15) is 4.79 Å². The molecule has 2 N–H and O–H groups in total. The van der Waals surface area contributed by atoms with Gasteiger partial charge in [0.05, 0.1) is 12.9 Å². The Balaban J connectivity index is 1.65. The van der Waals surface area contributed by atoms with Gasteiger partial charge in [-0.05, 0) is 17.7 Å². The van der Waals surface area contributed by atoms with Crippen LogP contribution in [-0.2, 0) is 6.54 Å². The highest BCUT2D eigenvalue weighted by molar-refractivity contribution is 6.06. The van der Waals surface area contributed by atoms with Gasteiger partial charge in [-0.2, -0.15) is 5.10 Å². The van der Waals surface area contributed by atoms with Crippen molar-refractivity contribution in [1.82, 2.24) is 19.7 Å². The lowest BCUT2D eigenvalue weighted by molar-refractivity contribution is 0.102. The zero-order valence-electron chi connectivity index (χ0n) is 12.8. The van der Waals surface area contributed by atoms with Crippen molar-refractivity contribution in [3.05, 3.63) is 78.1 Å². The number of carbonyl (C=O) groups is 1. The molecule has 0 radical (unpaired) electrons. The minimum atomic E-state index is -0.198. The van der Waals surface area contributed by atoms with Crippen LogP contribution >= 0.6 is 0 Å². The molecular formula is C18H15N5O. The van der Waals surface area contributed by atoms with Crippen LogP contribution < -0.4 is 5.32 Å². The number of hydrogen-bond donors (Lipinski definition) is 2. The molecule has 0 atom stereocenters. The molecule has 0 aliphatic heterocycles. The summed E-state index contributed by atoms with van der Waals surface area (Å²) in [6.45, 7) is 0.587. The highest BCUT2D eigenvalue weighted by atomic mass is 16.1. The lowest BCUT2D eigenvalue weighted by Gasteiger charge is -2.03. The average molecular weight is 317 g/mol. The molecule has 4 aromatic rings. The fraction of sp³-hybridized carbons (Fsp3) is 0.0556. The maximum Gasteiger partial charge on any atom is 0.256 e. The van der Waals surface area contributed by atoms with Crippen molar-refractivity contribution in [3.63, 3.8) is 0 Å². The minimum absolute atomic E-state index is 0.198. The number of nitrogens with one attached hydrogen (secondary N) is 2. The largest absolute Gasteiger partial charge is 0.340 e. The van der Waals surface area contributed by atoms with E-state index in [0.29, 0.717) is 23.6 Å². The van der Waals surface area contributed by atoms with Crippen LogP contribution in [0.3, 0.4) is 0 Å². The summed E-state index contributed by atoms with van der Waals surface area (Å²) >= 11 is 0. The zero-order chi connectivity index (χ0) is 16.4. The maximum absolute atomic E-state index is 12.4. The standard InChI is InChI=1S/C18H15N5O/c24-18(14-9-5-2-6-10-14)21-16-15-17(20-12-19-15)23(22-16)11-13-7-3-1-4-8-13/h1-10,12H,11H2,(H,19,20)(H,21,22,24). The molecule has 0 bridgehead atoms.